The topological polar surface area (TPSA) is 311 Å². The maximum atomic E-state index is 8.67. The van der Waals surface area contributed by atoms with Crippen LogP contribution in [0.1, 0.15) is 149 Å². The van der Waals surface area contributed by atoms with Gasteiger partial charge in [-0.05, 0) is 19.3 Å². The molecule has 0 saturated carbocycles. The number of aliphatic hydroxyl groups is 14. The number of aliphatic hydroxyl groups excluding tert-OH is 14. The van der Waals surface area contributed by atoms with Crippen molar-refractivity contribution in [2.45, 2.75) is 149 Å². The van der Waals surface area contributed by atoms with Crippen molar-refractivity contribution in [1.29, 1.82) is 0 Å². The summed E-state index contributed by atoms with van der Waals surface area (Å²) in [5, 5.41) is 116. The zero-order chi connectivity index (χ0) is 48.7. The summed E-state index contributed by atoms with van der Waals surface area (Å²) in [6, 6.07) is 0. The fourth-order valence-electron chi connectivity index (χ4n) is 4.27. The zero-order valence-corrected chi connectivity index (χ0v) is 40.1. The van der Waals surface area contributed by atoms with E-state index >= 15 is 0 Å². The Morgan fingerprint density at radius 3 is 0.629 bits per heavy atom. The average molecular weight is 917 g/mol. The van der Waals surface area contributed by atoms with Crippen LogP contribution in [0, 0.1) is 10.8 Å². The Bertz CT molecular complexity index is 607. The smallest absolute Gasteiger partial charge is 0.0701 e. The van der Waals surface area contributed by atoms with E-state index in [2.05, 4.69) is 11.7 Å². The molecule has 0 fully saturated rings. The molecule has 14 N–H and O–H groups in total. The second-order valence-electron chi connectivity index (χ2n) is 15.2. The first-order valence-corrected chi connectivity index (χ1v) is 23.1. The normalized spacial score (nSPS) is 10.5. The van der Waals surface area contributed by atoms with Crippen LogP contribution in [0.3, 0.4) is 0 Å². The second kappa shape index (κ2) is 74.7. The Hall–Kier alpha value is -0.680. The first-order valence-electron chi connectivity index (χ1n) is 23.1. The second-order valence-corrected chi connectivity index (χ2v) is 15.2. The van der Waals surface area contributed by atoms with E-state index in [4.69, 9.17) is 81.0 Å². The van der Waals surface area contributed by atoms with Crippen molar-refractivity contribution in [3.8, 4) is 0 Å². The van der Waals surface area contributed by atoms with Gasteiger partial charge in [0.05, 0.1) is 111 Å². The minimum Gasteiger partial charge on any atom is -0.400 e. The summed E-state index contributed by atoms with van der Waals surface area (Å²) < 4.78 is 14.4. The molecule has 17 heteroatoms. The van der Waals surface area contributed by atoms with Crippen LogP contribution in [-0.4, -0.2) is 204 Å². The van der Waals surface area contributed by atoms with E-state index in [0.29, 0.717) is 46.2 Å². The molecule has 17 nitrogen and oxygen atoms in total. The molecule has 62 heavy (non-hydrogen) atoms. The van der Waals surface area contributed by atoms with Gasteiger partial charge in [-0.15, -0.1) is 0 Å². The van der Waals surface area contributed by atoms with Gasteiger partial charge in [-0.1, -0.05) is 130 Å². The molecule has 0 radical (unpaired) electrons. The first-order chi connectivity index (χ1) is 30.0. The van der Waals surface area contributed by atoms with Gasteiger partial charge in [0.1, 0.15) is 0 Å². The number of hydrogen-bond donors (Lipinski definition) is 14. The van der Waals surface area contributed by atoms with Crippen molar-refractivity contribution in [3.63, 3.8) is 0 Å². The third-order valence-electron chi connectivity index (χ3n) is 8.59. The van der Waals surface area contributed by atoms with E-state index in [-0.39, 0.29) is 58.3 Å². The minimum atomic E-state index is -1.11. The molecule has 0 bridgehead atoms. The van der Waals surface area contributed by atoms with Crippen LogP contribution in [-0.2, 0) is 14.2 Å². The molecule has 0 heterocycles. The molecular weight excluding hydrogens is 812 g/mol. The van der Waals surface area contributed by atoms with Gasteiger partial charge in [0, 0.05) is 32.3 Å². The van der Waals surface area contributed by atoms with Crippen molar-refractivity contribution in [2.24, 2.45) is 10.8 Å². The maximum absolute atomic E-state index is 8.67. The molecule has 386 valence electrons. The van der Waals surface area contributed by atoms with Crippen LogP contribution in [0.25, 0.3) is 0 Å². The molecule has 0 unspecified atom stereocenters. The number of ether oxygens (including phenoxy) is 3. The Morgan fingerprint density at radius 1 is 0.274 bits per heavy atom. The molecule has 0 saturated heterocycles. The first kappa shape index (κ1) is 75.6. The summed E-state index contributed by atoms with van der Waals surface area (Å²) in [7, 11) is 1.00. The molecule has 0 aromatic rings. The van der Waals surface area contributed by atoms with E-state index in [1.54, 1.807) is 13.8 Å². The van der Waals surface area contributed by atoms with Crippen molar-refractivity contribution in [3.05, 3.63) is 0 Å². The molecular formula is C45H104O17. The highest BCUT2D eigenvalue weighted by Gasteiger charge is 2.26. The summed E-state index contributed by atoms with van der Waals surface area (Å²) in [5.74, 6) is 0. The standard InChI is InChI=1S/C18H38O.C6H14O4.C6H14O2.C5H12O4.C5H12O2.C4H10O3.CH4O/c1-2-3-4-5-6-7-8-9-10-11-12-13-14-15-16-17-18-19;7-1-3-9-5-6-10-4-2-8;7-5-3-1-2-4-6-8;6-1-5(2-7,3-8)4-9;1-5(2,3-6)4-7;5-1-3-7-4-2-6;1-2/h19H,2-18H2,1H3;7-8H,1-6H2;7-8H,1-6H2;6-9H,1-4H2;6-7H,3-4H2,1-2H3;5-6H,1-4H2;2H,1H3. The van der Waals surface area contributed by atoms with Gasteiger partial charge in [-0.25, -0.2) is 0 Å². The lowest BCUT2D eigenvalue weighted by molar-refractivity contribution is -0.0328. The van der Waals surface area contributed by atoms with Crippen molar-refractivity contribution in [1.82, 2.24) is 0 Å². The number of rotatable bonds is 38. The van der Waals surface area contributed by atoms with E-state index in [1.165, 1.54) is 96.3 Å². The van der Waals surface area contributed by atoms with Crippen LogP contribution >= 0.6 is 0 Å². The molecule has 0 spiro atoms. The van der Waals surface area contributed by atoms with Crippen molar-refractivity contribution in [2.75, 3.05) is 133 Å². The molecule has 0 rings (SSSR count). The number of unbranched alkanes of at least 4 members (excludes halogenated alkanes) is 18. The fraction of sp³-hybridized carbons (Fsp3) is 1.00. The Labute approximate surface area is 377 Å². The minimum absolute atomic E-state index is 0.0278. The van der Waals surface area contributed by atoms with Crippen LogP contribution in [0.15, 0.2) is 0 Å². The third-order valence-corrected chi connectivity index (χ3v) is 8.59. The van der Waals surface area contributed by atoms with Crippen molar-refractivity contribution < 1.29 is 85.7 Å². The van der Waals surface area contributed by atoms with E-state index in [0.717, 1.165) is 39.2 Å². The highest BCUT2D eigenvalue weighted by molar-refractivity contribution is 4.75. The summed E-state index contributed by atoms with van der Waals surface area (Å²) in [5.41, 5.74) is -1.42. The maximum Gasteiger partial charge on any atom is 0.0701 e. The molecule has 0 atom stereocenters. The molecule has 0 aliphatic heterocycles. The highest BCUT2D eigenvalue weighted by atomic mass is 16.5. The Kier molecular flexibility index (Phi) is 91.1. The van der Waals surface area contributed by atoms with E-state index in [1.807, 2.05) is 0 Å². The average Bonchev–Trinajstić information content (AvgIpc) is 3.30. The summed E-state index contributed by atoms with van der Waals surface area (Å²) in [6.07, 6.45) is 26.0. The van der Waals surface area contributed by atoms with E-state index in [9.17, 15) is 0 Å². The Balaban J connectivity index is -0.000000122. The van der Waals surface area contributed by atoms with E-state index < -0.39 is 31.8 Å². The van der Waals surface area contributed by atoms with Gasteiger partial charge >= 0.3 is 0 Å². The lowest BCUT2D eigenvalue weighted by atomic mass is 9.93. The van der Waals surface area contributed by atoms with Crippen LogP contribution < -0.4 is 0 Å². The predicted molar refractivity (Wildman–Crippen MR) is 247 cm³/mol. The fourth-order valence-corrected chi connectivity index (χ4v) is 4.27. The molecule has 0 aromatic heterocycles. The molecule has 0 aliphatic rings. The van der Waals surface area contributed by atoms with Gasteiger partial charge in [0.2, 0.25) is 0 Å². The molecule has 0 amide bonds. The predicted octanol–water partition coefficient (Wildman–Crippen LogP) is 2.31. The third kappa shape index (κ3) is 82.9. The van der Waals surface area contributed by atoms with Crippen LogP contribution in [0.4, 0.5) is 0 Å². The lowest BCUT2D eigenvalue weighted by Crippen LogP contribution is -2.37. The monoisotopic (exact) mass is 917 g/mol. The summed E-state index contributed by atoms with van der Waals surface area (Å²) in [6.45, 7) is 7.71. The van der Waals surface area contributed by atoms with Gasteiger partial charge in [0.25, 0.3) is 0 Å². The zero-order valence-electron chi connectivity index (χ0n) is 40.1. The summed E-state index contributed by atoms with van der Waals surface area (Å²) in [4.78, 5) is 0. The van der Waals surface area contributed by atoms with Gasteiger partial charge < -0.3 is 85.7 Å². The van der Waals surface area contributed by atoms with Gasteiger partial charge in [-0.2, -0.15) is 0 Å². The van der Waals surface area contributed by atoms with Crippen LogP contribution in [0.5, 0.6) is 0 Å². The quantitative estimate of drug-likeness (QED) is 0.0395. The largest absolute Gasteiger partial charge is 0.400 e. The van der Waals surface area contributed by atoms with Crippen LogP contribution in [0.2, 0.25) is 0 Å². The summed E-state index contributed by atoms with van der Waals surface area (Å²) >= 11 is 0. The highest BCUT2D eigenvalue weighted by Crippen LogP contribution is 2.14. The van der Waals surface area contributed by atoms with Gasteiger partial charge in [0.15, 0.2) is 0 Å². The Morgan fingerprint density at radius 2 is 0.484 bits per heavy atom. The number of hydrogen-bond acceptors (Lipinski definition) is 17. The lowest BCUT2D eigenvalue weighted by Gasteiger charge is -2.23. The van der Waals surface area contributed by atoms with Gasteiger partial charge in [-0.3, -0.25) is 0 Å². The SMILES string of the molecule is CC(C)(CO)CO.CCCCCCCCCCCCCCCCCCO.CO.OCC(CO)(CO)CO.OCCCCCCO.OCCOCCO.OCCOCCOCCO. The molecule has 0 aromatic carbocycles. The molecule has 0 aliphatic carbocycles. The van der Waals surface area contributed by atoms with Crippen molar-refractivity contribution >= 4 is 0 Å².